The van der Waals surface area contributed by atoms with Crippen LogP contribution in [0.1, 0.15) is 22.4 Å². The van der Waals surface area contributed by atoms with Gasteiger partial charge in [-0.3, -0.25) is 14.2 Å². The van der Waals surface area contributed by atoms with E-state index >= 15 is 0 Å². The fraction of sp³-hybridized carbons (Fsp3) is 0.381. The Bertz CT molecular complexity index is 1100. The molecule has 0 fully saturated rings. The third-order valence-corrected chi connectivity index (χ3v) is 7.14. The molecule has 0 saturated carbocycles. The van der Waals surface area contributed by atoms with Crippen LogP contribution in [0.5, 0.6) is 0 Å². The molecule has 2 aromatic heterocycles. The summed E-state index contributed by atoms with van der Waals surface area (Å²) in [4.78, 5) is 32.4. The molecule has 3 aromatic rings. The van der Waals surface area contributed by atoms with Gasteiger partial charge < -0.3 is 10.1 Å². The van der Waals surface area contributed by atoms with Crippen molar-refractivity contribution < 1.29 is 9.53 Å². The summed E-state index contributed by atoms with van der Waals surface area (Å²) in [6, 6.07) is 7.67. The summed E-state index contributed by atoms with van der Waals surface area (Å²) in [5.41, 5.74) is 3.05. The lowest BCUT2D eigenvalue weighted by Gasteiger charge is -2.12. The van der Waals surface area contributed by atoms with E-state index in [1.54, 1.807) is 23.0 Å². The third kappa shape index (κ3) is 4.24. The van der Waals surface area contributed by atoms with Gasteiger partial charge in [-0.2, -0.15) is 0 Å². The first kappa shape index (κ1) is 20.1. The monoisotopic (exact) mass is 429 g/mol. The Kier molecular flexibility index (Phi) is 6.03. The van der Waals surface area contributed by atoms with Crippen LogP contribution in [0.4, 0.5) is 5.69 Å². The first-order chi connectivity index (χ1) is 14.1. The number of methoxy groups -OCH3 is 1. The van der Waals surface area contributed by atoms with E-state index < -0.39 is 0 Å². The van der Waals surface area contributed by atoms with Gasteiger partial charge in [-0.25, -0.2) is 4.98 Å². The molecule has 1 amide bonds. The van der Waals surface area contributed by atoms with Gasteiger partial charge in [0, 0.05) is 17.7 Å². The predicted octanol–water partition coefficient (Wildman–Crippen LogP) is 3.63. The summed E-state index contributed by atoms with van der Waals surface area (Å²) in [6.07, 6.45) is 3.07. The molecule has 0 aliphatic heterocycles. The molecule has 1 aliphatic carbocycles. The van der Waals surface area contributed by atoms with Crippen LogP contribution in [0.3, 0.4) is 0 Å². The Balaban J connectivity index is 1.57. The van der Waals surface area contributed by atoms with Crippen molar-refractivity contribution in [1.82, 2.24) is 9.55 Å². The summed E-state index contributed by atoms with van der Waals surface area (Å²) in [5.74, 6) is 0.0596. The van der Waals surface area contributed by atoms with Crippen LogP contribution < -0.4 is 10.9 Å². The second kappa shape index (κ2) is 8.69. The van der Waals surface area contributed by atoms with E-state index in [1.165, 1.54) is 22.2 Å². The summed E-state index contributed by atoms with van der Waals surface area (Å²) < 4.78 is 6.84. The van der Waals surface area contributed by atoms with E-state index in [2.05, 4.69) is 5.32 Å². The number of rotatable bonds is 7. The second-order valence-corrected chi connectivity index (χ2v) is 9.11. The minimum atomic E-state index is -0.125. The number of fused-ring (bicyclic) bond motifs is 3. The summed E-state index contributed by atoms with van der Waals surface area (Å²) in [6.45, 7) is 2.84. The van der Waals surface area contributed by atoms with Gasteiger partial charge >= 0.3 is 0 Å². The van der Waals surface area contributed by atoms with Crippen molar-refractivity contribution >= 4 is 44.9 Å². The lowest BCUT2D eigenvalue weighted by atomic mass is 10.2. The number of nitrogens with one attached hydrogen (secondary N) is 1. The number of hydrogen-bond donors (Lipinski definition) is 1. The number of thiophene rings is 1. The zero-order chi connectivity index (χ0) is 20.4. The molecule has 0 unspecified atom stereocenters. The van der Waals surface area contributed by atoms with E-state index in [0.717, 1.165) is 40.7 Å². The van der Waals surface area contributed by atoms with Crippen molar-refractivity contribution in [2.24, 2.45) is 0 Å². The van der Waals surface area contributed by atoms with E-state index in [1.807, 2.05) is 31.2 Å². The molecule has 4 rings (SSSR count). The van der Waals surface area contributed by atoms with Gasteiger partial charge in [0.1, 0.15) is 4.83 Å². The number of benzene rings is 1. The van der Waals surface area contributed by atoms with Crippen molar-refractivity contribution in [3.05, 3.63) is 50.6 Å². The highest BCUT2D eigenvalue weighted by Crippen LogP contribution is 2.35. The van der Waals surface area contributed by atoms with E-state index in [-0.39, 0.29) is 17.2 Å². The fourth-order valence-corrected chi connectivity index (χ4v) is 5.64. The SMILES string of the molecule is COCCn1c(SCC(=O)Nc2ccc(C)cc2)nc2sc3c(c2c1=O)CCC3. The van der Waals surface area contributed by atoms with Crippen LogP contribution in [0.2, 0.25) is 0 Å². The number of anilines is 1. The van der Waals surface area contributed by atoms with E-state index in [4.69, 9.17) is 9.72 Å². The van der Waals surface area contributed by atoms with Crippen LogP contribution in [-0.4, -0.2) is 34.9 Å². The summed E-state index contributed by atoms with van der Waals surface area (Å²) in [5, 5.41) is 4.21. The minimum Gasteiger partial charge on any atom is -0.383 e. The molecule has 29 heavy (non-hydrogen) atoms. The highest BCUT2D eigenvalue weighted by molar-refractivity contribution is 7.99. The van der Waals surface area contributed by atoms with Gasteiger partial charge in [-0.15, -0.1) is 11.3 Å². The minimum absolute atomic E-state index is 0.0205. The number of amides is 1. The summed E-state index contributed by atoms with van der Waals surface area (Å²) in [7, 11) is 1.61. The maximum Gasteiger partial charge on any atom is 0.263 e. The second-order valence-electron chi connectivity index (χ2n) is 7.08. The maximum absolute atomic E-state index is 13.2. The molecule has 0 saturated heterocycles. The van der Waals surface area contributed by atoms with E-state index in [9.17, 15) is 9.59 Å². The molecular formula is C21H23N3O3S2. The van der Waals surface area contributed by atoms with Crippen molar-refractivity contribution in [1.29, 1.82) is 0 Å². The quantitative estimate of drug-likeness (QED) is 0.459. The standard InChI is InChI=1S/C21H23N3O3S2/c1-13-6-8-14(9-7-13)22-17(25)12-28-21-23-19-18(15-4-3-5-16(15)29-19)20(26)24(21)10-11-27-2/h6-9H,3-5,10-12H2,1-2H3,(H,22,25). The van der Waals surface area contributed by atoms with Gasteiger partial charge in [0.2, 0.25) is 5.91 Å². The highest BCUT2D eigenvalue weighted by atomic mass is 32.2. The first-order valence-corrected chi connectivity index (χ1v) is 11.4. The number of thioether (sulfide) groups is 1. The van der Waals surface area contributed by atoms with Crippen molar-refractivity contribution in [2.45, 2.75) is 37.9 Å². The maximum atomic E-state index is 13.2. The molecule has 6 nitrogen and oxygen atoms in total. The first-order valence-electron chi connectivity index (χ1n) is 9.60. The molecule has 1 aromatic carbocycles. The number of carbonyl (C=O) groups is 1. The molecular weight excluding hydrogens is 406 g/mol. The largest absolute Gasteiger partial charge is 0.383 e. The van der Waals surface area contributed by atoms with Crippen LogP contribution in [-0.2, 0) is 28.9 Å². The number of aromatic nitrogens is 2. The Morgan fingerprint density at radius 2 is 2.10 bits per heavy atom. The van der Waals surface area contributed by atoms with E-state index in [0.29, 0.717) is 18.3 Å². The zero-order valence-corrected chi connectivity index (χ0v) is 18.1. The molecule has 0 radical (unpaired) electrons. The predicted molar refractivity (Wildman–Crippen MR) is 118 cm³/mol. The fourth-order valence-electron chi connectivity index (χ4n) is 3.51. The van der Waals surface area contributed by atoms with Gasteiger partial charge in [-0.05, 0) is 43.9 Å². The number of hydrogen-bond acceptors (Lipinski definition) is 6. The summed E-state index contributed by atoms with van der Waals surface area (Å²) >= 11 is 2.90. The molecule has 1 N–H and O–H groups in total. The zero-order valence-electron chi connectivity index (χ0n) is 16.5. The van der Waals surface area contributed by atoms with Gasteiger partial charge in [-0.1, -0.05) is 29.5 Å². The lowest BCUT2D eigenvalue weighted by molar-refractivity contribution is -0.113. The van der Waals surface area contributed by atoms with Crippen LogP contribution >= 0.6 is 23.1 Å². The Hall–Kier alpha value is -2.16. The molecule has 0 atom stereocenters. The normalized spacial score (nSPS) is 13.0. The lowest BCUT2D eigenvalue weighted by Crippen LogP contribution is -2.26. The Morgan fingerprint density at radius 3 is 2.86 bits per heavy atom. The molecule has 8 heteroatoms. The molecule has 152 valence electrons. The van der Waals surface area contributed by atoms with Crippen molar-refractivity contribution in [3.8, 4) is 0 Å². The van der Waals surface area contributed by atoms with Crippen LogP contribution in [0.25, 0.3) is 10.2 Å². The number of aryl methyl sites for hydroxylation is 3. The average molecular weight is 430 g/mol. The molecule has 0 bridgehead atoms. The molecule has 1 aliphatic rings. The Labute approximate surface area is 177 Å². The van der Waals surface area contributed by atoms with Gasteiger partial charge in [0.25, 0.3) is 5.56 Å². The van der Waals surface area contributed by atoms with Crippen molar-refractivity contribution in [3.63, 3.8) is 0 Å². The topological polar surface area (TPSA) is 73.2 Å². The number of carbonyl (C=O) groups excluding carboxylic acids is 1. The van der Waals surface area contributed by atoms with Crippen LogP contribution in [0.15, 0.2) is 34.2 Å². The Morgan fingerprint density at radius 1 is 1.31 bits per heavy atom. The van der Waals surface area contributed by atoms with Crippen LogP contribution in [0, 0.1) is 6.92 Å². The smallest absolute Gasteiger partial charge is 0.263 e. The van der Waals surface area contributed by atoms with Gasteiger partial charge in [0.15, 0.2) is 5.16 Å². The third-order valence-electron chi connectivity index (χ3n) is 4.98. The highest BCUT2D eigenvalue weighted by Gasteiger charge is 2.23. The van der Waals surface area contributed by atoms with Crippen molar-refractivity contribution in [2.75, 3.05) is 24.8 Å². The number of nitrogens with zero attached hydrogens (tertiary/aromatic N) is 2. The molecule has 2 heterocycles. The molecule has 0 spiro atoms. The average Bonchev–Trinajstić information content (AvgIpc) is 3.28. The van der Waals surface area contributed by atoms with Gasteiger partial charge in [0.05, 0.1) is 24.3 Å². The number of ether oxygens (including phenoxy) is 1.